The van der Waals surface area contributed by atoms with Gasteiger partial charge in [0.25, 0.3) is 0 Å². The molecule has 2 aromatic carbocycles. The van der Waals surface area contributed by atoms with Crippen molar-refractivity contribution >= 4 is 0 Å². The maximum Gasteiger partial charge on any atom is 0.123 e. The van der Waals surface area contributed by atoms with E-state index in [2.05, 4.69) is 65.8 Å². The van der Waals surface area contributed by atoms with E-state index in [1.54, 1.807) is 12.1 Å². The van der Waals surface area contributed by atoms with Crippen molar-refractivity contribution in [2.24, 2.45) is 0 Å². The van der Waals surface area contributed by atoms with Crippen LogP contribution in [0.2, 0.25) is 0 Å². The van der Waals surface area contributed by atoms with E-state index in [0.717, 1.165) is 5.56 Å². The van der Waals surface area contributed by atoms with E-state index in [9.17, 15) is 4.39 Å². The van der Waals surface area contributed by atoms with E-state index >= 15 is 0 Å². The number of hydrogen-bond donors (Lipinski definition) is 0. The lowest BCUT2D eigenvalue weighted by molar-refractivity contribution is 0.623. The van der Waals surface area contributed by atoms with Gasteiger partial charge in [-0.05, 0) is 46.6 Å². The minimum atomic E-state index is -0.147. The molecule has 0 saturated heterocycles. The fourth-order valence-corrected chi connectivity index (χ4v) is 2.14. The third-order valence-electron chi connectivity index (χ3n) is 3.76. The van der Waals surface area contributed by atoms with Gasteiger partial charge in [0.2, 0.25) is 0 Å². The van der Waals surface area contributed by atoms with E-state index in [4.69, 9.17) is 0 Å². The molecule has 2 rings (SSSR count). The molecular weight excluding hydrogens is 271 g/mol. The molecular formula is C21H29F. The van der Waals surface area contributed by atoms with Crippen LogP contribution in [-0.2, 0) is 0 Å². The molecule has 0 aliphatic heterocycles. The fourth-order valence-electron chi connectivity index (χ4n) is 2.14. The van der Waals surface area contributed by atoms with E-state index < -0.39 is 0 Å². The second-order valence-corrected chi connectivity index (χ2v) is 6.69. The van der Waals surface area contributed by atoms with Crippen LogP contribution >= 0.6 is 0 Å². The van der Waals surface area contributed by atoms with Crippen molar-refractivity contribution in [1.29, 1.82) is 0 Å². The minimum Gasteiger partial charge on any atom is -0.207 e. The Labute approximate surface area is 135 Å². The summed E-state index contributed by atoms with van der Waals surface area (Å²) in [6.45, 7) is 13.0. The number of benzene rings is 2. The second-order valence-electron chi connectivity index (χ2n) is 6.69. The molecule has 0 amide bonds. The van der Waals surface area contributed by atoms with Gasteiger partial charge < -0.3 is 0 Å². The van der Waals surface area contributed by atoms with Crippen molar-refractivity contribution in [3.05, 3.63) is 71.0 Å². The van der Waals surface area contributed by atoms with Crippen LogP contribution in [-0.4, -0.2) is 0 Å². The summed E-state index contributed by atoms with van der Waals surface area (Å²) in [5.74, 6) is 1.55. The van der Waals surface area contributed by atoms with Crippen LogP contribution in [0.15, 0.2) is 48.5 Å². The highest BCUT2D eigenvalue weighted by Gasteiger charge is 2.02. The Kier molecular flexibility index (Phi) is 7.31. The zero-order valence-electron chi connectivity index (χ0n) is 14.7. The van der Waals surface area contributed by atoms with Crippen LogP contribution in [0.5, 0.6) is 0 Å². The van der Waals surface area contributed by atoms with Gasteiger partial charge >= 0.3 is 0 Å². The van der Waals surface area contributed by atoms with Gasteiger partial charge in [-0.1, -0.05) is 77.9 Å². The van der Waals surface area contributed by atoms with Crippen LogP contribution in [0.25, 0.3) is 0 Å². The van der Waals surface area contributed by atoms with Crippen molar-refractivity contribution in [3.8, 4) is 0 Å². The average Bonchev–Trinajstić information content (AvgIpc) is 2.48. The van der Waals surface area contributed by atoms with E-state index in [1.165, 1.54) is 17.2 Å². The van der Waals surface area contributed by atoms with Gasteiger partial charge in [-0.15, -0.1) is 0 Å². The highest BCUT2D eigenvalue weighted by molar-refractivity contribution is 5.27. The maximum absolute atomic E-state index is 12.5. The van der Waals surface area contributed by atoms with Crippen molar-refractivity contribution in [2.45, 2.75) is 59.3 Å². The number of halogens is 1. The van der Waals surface area contributed by atoms with Crippen LogP contribution in [0.3, 0.4) is 0 Å². The van der Waals surface area contributed by atoms with Crippen LogP contribution in [0.4, 0.5) is 4.39 Å². The Hall–Kier alpha value is -1.63. The molecule has 0 heterocycles. The molecule has 0 nitrogen and oxygen atoms in total. The maximum atomic E-state index is 12.5. The van der Waals surface area contributed by atoms with Crippen LogP contribution in [0, 0.1) is 5.82 Å². The first-order valence-electron chi connectivity index (χ1n) is 8.16. The molecule has 22 heavy (non-hydrogen) atoms. The van der Waals surface area contributed by atoms with Gasteiger partial charge in [-0.3, -0.25) is 0 Å². The Morgan fingerprint density at radius 3 is 1.27 bits per heavy atom. The standard InChI is InChI=1S/C12H18.C9H11F/c1-9(2)11-6-5-7-12(8-11)10(3)4;1-7(2)8-4-3-5-9(10)6-8/h5-10H,1-4H3;3-7H,1-2H3. The summed E-state index contributed by atoms with van der Waals surface area (Å²) in [5, 5.41) is 0. The summed E-state index contributed by atoms with van der Waals surface area (Å²) in [7, 11) is 0. The Bertz CT molecular complexity index is 544. The lowest BCUT2D eigenvalue weighted by atomic mass is 9.96. The van der Waals surface area contributed by atoms with Gasteiger partial charge in [-0.25, -0.2) is 4.39 Å². The summed E-state index contributed by atoms with van der Waals surface area (Å²) in [4.78, 5) is 0. The molecule has 0 bridgehead atoms. The predicted molar refractivity (Wildman–Crippen MR) is 95.1 cm³/mol. The summed E-state index contributed by atoms with van der Waals surface area (Å²) >= 11 is 0. The van der Waals surface area contributed by atoms with E-state index in [-0.39, 0.29) is 5.82 Å². The number of hydrogen-bond acceptors (Lipinski definition) is 0. The SMILES string of the molecule is CC(C)c1cccc(C(C)C)c1.CC(C)c1cccc(F)c1. The van der Waals surface area contributed by atoms with Gasteiger partial charge in [0.1, 0.15) is 5.82 Å². The van der Waals surface area contributed by atoms with E-state index in [1.807, 2.05) is 6.07 Å². The highest BCUT2D eigenvalue weighted by atomic mass is 19.1. The van der Waals surface area contributed by atoms with Gasteiger partial charge in [0, 0.05) is 0 Å². The first kappa shape index (κ1) is 18.4. The van der Waals surface area contributed by atoms with Crippen molar-refractivity contribution in [3.63, 3.8) is 0 Å². The molecule has 0 radical (unpaired) electrons. The zero-order valence-corrected chi connectivity index (χ0v) is 14.7. The zero-order chi connectivity index (χ0) is 16.7. The lowest BCUT2D eigenvalue weighted by Gasteiger charge is -2.09. The Morgan fingerprint density at radius 2 is 0.955 bits per heavy atom. The Morgan fingerprint density at radius 1 is 0.591 bits per heavy atom. The third kappa shape index (κ3) is 6.01. The summed E-state index contributed by atoms with van der Waals surface area (Å²) < 4.78 is 12.5. The van der Waals surface area contributed by atoms with Crippen molar-refractivity contribution < 1.29 is 4.39 Å². The molecule has 1 heteroatoms. The van der Waals surface area contributed by atoms with Crippen LogP contribution in [0.1, 0.15) is 76.0 Å². The monoisotopic (exact) mass is 300 g/mol. The predicted octanol–water partition coefficient (Wildman–Crippen LogP) is 6.88. The first-order valence-corrected chi connectivity index (χ1v) is 8.16. The molecule has 0 spiro atoms. The van der Waals surface area contributed by atoms with Crippen LogP contribution < -0.4 is 0 Å². The molecule has 120 valence electrons. The summed E-state index contributed by atoms with van der Waals surface area (Å²) in [6, 6.07) is 15.6. The molecule has 0 unspecified atom stereocenters. The molecule has 0 N–H and O–H groups in total. The summed E-state index contributed by atoms with van der Waals surface area (Å²) in [6.07, 6.45) is 0. The first-order chi connectivity index (χ1) is 10.3. The molecule has 0 atom stereocenters. The van der Waals surface area contributed by atoms with Gasteiger partial charge in [-0.2, -0.15) is 0 Å². The molecule has 0 aromatic heterocycles. The lowest BCUT2D eigenvalue weighted by Crippen LogP contribution is -1.91. The quantitative estimate of drug-likeness (QED) is 0.579. The van der Waals surface area contributed by atoms with Crippen molar-refractivity contribution in [2.75, 3.05) is 0 Å². The smallest absolute Gasteiger partial charge is 0.123 e. The third-order valence-corrected chi connectivity index (χ3v) is 3.76. The van der Waals surface area contributed by atoms with Gasteiger partial charge in [0.15, 0.2) is 0 Å². The van der Waals surface area contributed by atoms with Crippen molar-refractivity contribution in [1.82, 2.24) is 0 Å². The molecule has 2 aromatic rings. The van der Waals surface area contributed by atoms with E-state index in [0.29, 0.717) is 17.8 Å². The second kappa shape index (κ2) is 8.73. The number of rotatable bonds is 3. The molecule has 0 aliphatic carbocycles. The largest absolute Gasteiger partial charge is 0.207 e. The minimum absolute atomic E-state index is 0.147. The summed E-state index contributed by atoms with van der Waals surface area (Å²) in [5.41, 5.74) is 3.95. The topological polar surface area (TPSA) is 0 Å². The van der Waals surface area contributed by atoms with Gasteiger partial charge in [0.05, 0.1) is 0 Å². The average molecular weight is 300 g/mol. The molecule has 0 saturated carbocycles. The fraction of sp³-hybridized carbons (Fsp3) is 0.429. The highest BCUT2D eigenvalue weighted by Crippen LogP contribution is 2.20. The Balaban J connectivity index is 0.000000224. The normalized spacial score (nSPS) is 10.8. The molecule has 0 fully saturated rings. The molecule has 0 aliphatic rings.